The molecule has 29 heavy (non-hydrogen) atoms. The van der Waals surface area contributed by atoms with Crippen LogP contribution in [0.4, 0.5) is 10.1 Å². The summed E-state index contributed by atoms with van der Waals surface area (Å²) in [5, 5.41) is 3.00. The van der Waals surface area contributed by atoms with E-state index in [9.17, 15) is 14.0 Å². The number of halogens is 1. The van der Waals surface area contributed by atoms with Crippen molar-refractivity contribution in [2.75, 3.05) is 11.4 Å². The Labute approximate surface area is 170 Å². The van der Waals surface area contributed by atoms with E-state index in [-0.39, 0.29) is 36.6 Å². The molecule has 0 saturated heterocycles. The predicted molar refractivity (Wildman–Crippen MR) is 110 cm³/mol. The Morgan fingerprint density at radius 1 is 1.14 bits per heavy atom. The van der Waals surface area contributed by atoms with Gasteiger partial charge in [0.2, 0.25) is 5.91 Å². The molecule has 0 spiro atoms. The number of amides is 2. The highest BCUT2D eigenvalue weighted by atomic mass is 19.1. The van der Waals surface area contributed by atoms with Crippen LogP contribution in [0.3, 0.4) is 0 Å². The summed E-state index contributed by atoms with van der Waals surface area (Å²) in [6.07, 6.45) is 1.70. The van der Waals surface area contributed by atoms with Gasteiger partial charge in [-0.3, -0.25) is 9.59 Å². The summed E-state index contributed by atoms with van der Waals surface area (Å²) in [6, 6.07) is 13.5. The molecule has 5 nitrogen and oxygen atoms in total. The topological polar surface area (TPSA) is 58.6 Å². The number of para-hydroxylation sites is 2. The van der Waals surface area contributed by atoms with Gasteiger partial charge in [0.25, 0.3) is 5.91 Å². The highest BCUT2D eigenvalue weighted by Gasteiger charge is 2.34. The van der Waals surface area contributed by atoms with Crippen LogP contribution in [0, 0.1) is 5.82 Å². The molecule has 0 aromatic heterocycles. The molecule has 2 aromatic rings. The van der Waals surface area contributed by atoms with Gasteiger partial charge in [0.15, 0.2) is 6.10 Å². The number of hydrogen-bond acceptors (Lipinski definition) is 3. The molecule has 1 heterocycles. The summed E-state index contributed by atoms with van der Waals surface area (Å²) in [4.78, 5) is 27.3. The van der Waals surface area contributed by atoms with Crippen LogP contribution in [0.15, 0.2) is 48.5 Å². The van der Waals surface area contributed by atoms with Gasteiger partial charge in [0.05, 0.1) is 12.2 Å². The molecule has 3 rings (SSSR count). The Kier molecular flexibility index (Phi) is 6.86. The van der Waals surface area contributed by atoms with E-state index in [2.05, 4.69) is 5.32 Å². The number of rotatable bonds is 7. The van der Waals surface area contributed by atoms with Crippen molar-refractivity contribution in [3.8, 4) is 5.75 Å². The van der Waals surface area contributed by atoms with Gasteiger partial charge in [-0.1, -0.05) is 38.1 Å². The fourth-order valence-corrected chi connectivity index (χ4v) is 3.43. The molecule has 0 saturated carbocycles. The van der Waals surface area contributed by atoms with Crippen LogP contribution < -0.4 is 15.0 Å². The highest BCUT2D eigenvalue weighted by Crippen LogP contribution is 2.33. The zero-order valence-electron chi connectivity index (χ0n) is 16.9. The minimum absolute atomic E-state index is 0.0888. The number of aryl methyl sites for hydroxylation is 1. The molecule has 0 fully saturated rings. The van der Waals surface area contributed by atoms with E-state index in [4.69, 9.17) is 4.74 Å². The van der Waals surface area contributed by atoms with E-state index in [1.54, 1.807) is 23.1 Å². The van der Waals surface area contributed by atoms with Crippen LogP contribution in [0.5, 0.6) is 5.75 Å². The maximum atomic E-state index is 13.1. The Balaban J connectivity index is 1.72. The van der Waals surface area contributed by atoms with Crippen molar-refractivity contribution in [1.82, 2.24) is 5.32 Å². The number of nitrogens with zero attached hydrogens (tertiary/aromatic N) is 1. The van der Waals surface area contributed by atoms with E-state index in [0.717, 1.165) is 18.4 Å². The smallest absolute Gasteiger partial charge is 0.263 e. The normalized spacial score (nSPS) is 15.6. The molecule has 1 unspecified atom stereocenters. The first-order valence-corrected chi connectivity index (χ1v) is 10.1. The average Bonchev–Trinajstić information content (AvgIpc) is 2.75. The molecular formula is C23H27FN2O3. The molecule has 6 heteroatoms. The van der Waals surface area contributed by atoms with Crippen molar-refractivity contribution >= 4 is 17.5 Å². The van der Waals surface area contributed by atoms with Crippen molar-refractivity contribution in [1.29, 1.82) is 0 Å². The molecule has 2 amide bonds. The Morgan fingerprint density at radius 3 is 2.52 bits per heavy atom. The summed E-state index contributed by atoms with van der Waals surface area (Å²) in [6.45, 7) is 4.22. The molecule has 2 aromatic carbocycles. The van der Waals surface area contributed by atoms with Crippen molar-refractivity contribution in [2.45, 2.75) is 51.7 Å². The third-order valence-electron chi connectivity index (χ3n) is 5.24. The Morgan fingerprint density at radius 2 is 1.83 bits per heavy atom. The zero-order valence-corrected chi connectivity index (χ0v) is 16.9. The Bertz CT molecular complexity index is 849. The monoisotopic (exact) mass is 398 g/mol. The summed E-state index contributed by atoms with van der Waals surface area (Å²) in [7, 11) is 0. The number of hydrogen-bond donors (Lipinski definition) is 1. The van der Waals surface area contributed by atoms with Crippen LogP contribution in [-0.4, -0.2) is 30.5 Å². The van der Waals surface area contributed by atoms with E-state index in [1.807, 2.05) is 32.0 Å². The SMILES string of the molecule is CCC(CC)NC(=O)C1CN(C(=O)CCc2ccc(F)cc2)c2ccccc2O1. The summed E-state index contributed by atoms with van der Waals surface area (Å²) in [5.41, 5.74) is 1.56. The van der Waals surface area contributed by atoms with Gasteiger partial charge in [-0.05, 0) is 49.1 Å². The first-order chi connectivity index (χ1) is 14.0. The van der Waals surface area contributed by atoms with E-state index in [0.29, 0.717) is 17.9 Å². The lowest BCUT2D eigenvalue weighted by atomic mass is 10.1. The molecule has 0 bridgehead atoms. The Hall–Kier alpha value is -2.89. The highest BCUT2D eigenvalue weighted by molar-refractivity contribution is 5.97. The quantitative estimate of drug-likeness (QED) is 0.771. The number of ether oxygens (including phenoxy) is 1. The van der Waals surface area contributed by atoms with Crippen LogP contribution in [0.2, 0.25) is 0 Å². The van der Waals surface area contributed by atoms with Crippen LogP contribution in [0.25, 0.3) is 0 Å². The standard InChI is InChI=1S/C23H27FN2O3/c1-3-18(4-2)25-23(28)21-15-26(19-7-5-6-8-20(19)29-21)22(27)14-11-16-9-12-17(24)13-10-16/h5-10,12-13,18,21H,3-4,11,14-15H2,1-2H3,(H,25,28). The lowest BCUT2D eigenvalue weighted by molar-refractivity contribution is -0.129. The third-order valence-corrected chi connectivity index (χ3v) is 5.24. The fraction of sp³-hybridized carbons (Fsp3) is 0.391. The summed E-state index contributed by atoms with van der Waals surface area (Å²) >= 11 is 0. The first kappa shape index (κ1) is 20.8. The molecule has 0 aliphatic carbocycles. The zero-order chi connectivity index (χ0) is 20.8. The number of benzene rings is 2. The summed E-state index contributed by atoms with van der Waals surface area (Å²) in [5.74, 6) is -0.0676. The van der Waals surface area contributed by atoms with E-state index >= 15 is 0 Å². The van der Waals surface area contributed by atoms with Gasteiger partial charge < -0.3 is 15.0 Å². The maximum Gasteiger partial charge on any atom is 0.263 e. The number of nitrogens with one attached hydrogen (secondary N) is 1. The number of anilines is 1. The second-order valence-electron chi connectivity index (χ2n) is 7.23. The first-order valence-electron chi connectivity index (χ1n) is 10.1. The maximum absolute atomic E-state index is 13.1. The van der Waals surface area contributed by atoms with Gasteiger partial charge in [0, 0.05) is 12.5 Å². The molecule has 1 N–H and O–H groups in total. The number of carbonyl (C=O) groups excluding carboxylic acids is 2. The van der Waals surface area contributed by atoms with Crippen molar-refractivity contribution in [3.05, 3.63) is 59.9 Å². The molecule has 1 aliphatic rings. The van der Waals surface area contributed by atoms with Gasteiger partial charge in [-0.25, -0.2) is 4.39 Å². The lowest BCUT2D eigenvalue weighted by Gasteiger charge is -2.34. The molecule has 154 valence electrons. The minimum atomic E-state index is -0.750. The van der Waals surface area contributed by atoms with Crippen LogP contribution in [-0.2, 0) is 16.0 Å². The summed E-state index contributed by atoms with van der Waals surface area (Å²) < 4.78 is 19.0. The third kappa shape index (κ3) is 5.13. The largest absolute Gasteiger partial charge is 0.477 e. The second kappa shape index (κ2) is 9.54. The van der Waals surface area contributed by atoms with Gasteiger partial charge in [-0.15, -0.1) is 0 Å². The predicted octanol–water partition coefficient (Wildman–Crippen LogP) is 3.86. The van der Waals surface area contributed by atoms with Crippen LogP contribution in [0.1, 0.15) is 38.7 Å². The number of carbonyl (C=O) groups is 2. The second-order valence-corrected chi connectivity index (χ2v) is 7.23. The van der Waals surface area contributed by atoms with Crippen molar-refractivity contribution < 1.29 is 18.7 Å². The van der Waals surface area contributed by atoms with E-state index in [1.165, 1.54) is 12.1 Å². The van der Waals surface area contributed by atoms with Gasteiger partial charge >= 0.3 is 0 Å². The minimum Gasteiger partial charge on any atom is -0.477 e. The van der Waals surface area contributed by atoms with Crippen molar-refractivity contribution in [2.24, 2.45) is 0 Å². The molecule has 1 atom stereocenters. The lowest BCUT2D eigenvalue weighted by Crippen LogP contribution is -2.52. The average molecular weight is 398 g/mol. The molecular weight excluding hydrogens is 371 g/mol. The number of fused-ring (bicyclic) bond motifs is 1. The molecule has 1 aliphatic heterocycles. The van der Waals surface area contributed by atoms with Crippen molar-refractivity contribution in [3.63, 3.8) is 0 Å². The van der Waals surface area contributed by atoms with Gasteiger partial charge in [-0.2, -0.15) is 0 Å². The fourth-order valence-electron chi connectivity index (χ4n) is 3.43. The van der Waals surface area contributed by atoms with Crippen LogP contribution >= 0.6 is 0 Å². The molecule has 0 radical (unpaired) electrons. The van der Waals surface area contributed by atoms with E-state index < -0.39 is 6.10 Å². The van der Waals surface area contributed by atoms with Gasteiger partial charge in [0.1, 0.15) is 11.6 Å².